The van der Waals surface area contributed by atoms with Crippen LogP contribution in [-0.4, -0.2) is 13.2 Å². The van der Waals surface area contributed by atoms with Gasteiger partial charge in [-0.25, -0.2) is 0 Å². The Labute approximate surface area is 165 Å². The number of methoxy groups -OCH3 is 1. The van der Waals surface area contributed by atoms with Gasteiger partial charge in [0, 0.05) is 10.8 Å². The molecular formula is C24H26O2S. The summed E-state index contributed by atoms with van der Waals surface area (Å²) in [6.45, 7) is 0. The average molecular weight is 379 g/mol. The Kier molecular flexibility index (Phi) is 5.78. The molecule has 3 aromatic rings. The third-order valence-electron chi connectivity index (χ3n) is 5.37. The largest absolute Gasteiger partial charge is 0.493 e. The Bertz CT molecular complexity index is 836. The molecule has 1 saturated carbocycles. The first-order valence-corrected chi connectivity index (χ1v) is 10.6. The molecule has 0 amide bonds. The summed E-state index contributed by atoms with van der Waals surface area (Å²) in [5, 5.41) is 2.15. The van der Waals surface area contributed by atoms with E-state index in [-0.39, 0.29) is 0 Å². The van der Waals surface area contributed by atoms with Crippen molar-refractivity contribution in [1.29, 1.82) is 0 Å². The lowest BCUT2D eigenvalue weighted by molar-refractivity contribution is 0.200. The third-order valence-corrected chi connectivity index (χ3v) is 6.27. The van der Waals surface area contributed by atoms with Crippen LogP contribution in [0.2, 0.25) is 0 Å². The molecule has 2 nitrogen and oxygen atoms in total. The summed E-state index contributed by atoms with van der Waals surface area (Å²) in [6, 6.07) is 21.6. The predicted octanol–water partition coefficient (Wildman–Crippen LogP) is 6.45. The molecule has 0 bridgehead atoms. The molecule has 2 aromatic carbocycles. The first-order chi connectivity index (χ1) is 13.3. The van der Waals surface area contributed by atoms with E-state index in [4.69, 9.17) is 9.47 Å². The minimum Gasteiger partial charge on any atom is -0.493 e. The van der Waals surface area contributed by atoms with Gasteiger partial charge in [0.05, 0.1) is 13.2 Å². The van der Waals surface area contributed by atoms with Crippen molar-refractivity contribution in [2.24, 2.45) is 0 Å². The van der Waals surface area contributed by atoms with Gasteiger partial charge in [0.1, 0.15) is 0 Å². The van der Waals surface area contributed by atoms with E-state index in [1.807, 2.05) is 11.3 Å². The first kappa shape index (κ1) is 18.1. The lowest BCUT2D eigenvalue weighted by atomic mass is 9.88. The molecular weight excluding hydrogens is 352 g/mol. The van der Waals surface area contributed by atoms with E-state index in [1.165, 1.54) is 28.8 Å². The zero-order valence-electron chi connectivity index (χ0n) is 15.8. The fourth-order valence-electron chi connectivity index (χ4n) is 3.93. The zero-order chi connectivity index (χ0) is 18.5. The number of hydrogen-bond acceptors (Lipinski definition) is 3. The van der Waals surface area contributed by atoms with Crippen molar-refractivity contribution < 1.29 is 9.47 Å². The van der Waals surface area contributed by atoms with Crippen molar-refractivity contribution in [2.45, 2.75) is 44.1 Å². The quantitative estimate of drug-likeness (QED) is 0.470. The minimum atomic E-state index is 0.307. The molecule has 1 atom stereocenters. The number of benzene rings is 2. The van der Waals surface area contributed by atoms with E-state index in [1.54, 1.807) is 7.11 Å². The number of hydrogen-bond donors (Lipinski definition) is 0. The van der Waals surface area contributed by atoms with Gasteiger partial charge in [-0.2, -0.15) is 0 Å². The van der Waals surface area contributed by atoms with Crippen molar-refractivity contribution in [3.05, 3.63) is 82.0 Å². The highest BCUT2D eigenvalue weighted by atomic mass is 32.1. The van der Waals surface area contributed by atoms with Crippen LogP contribution in [0.1, 0.15) is 47.6 Å². The molecule has 1 heterocycles. The Morgan fingerprint density at radius 1 is 0.926 bits per heavy atom. The average Bonchev–Trinajstić information content (AvgIpc) is 3.41. The molecule has 0 radical (unpaired) electrons. The maximum absolute atomic E-state index is 6.34. The van der Waals surface area contributed by atoms with Crippen molar-refractivity contribution in [3.8, 4) is 11.5 Å². The van der Waals surface area contributed by atoms with Gasteiger partial charge in [0.25, 0.3) is 0 Å². The molecule has 0 spiro atoms. The first-order valence-electron chi connectivity index (χ1n) is 9.75. The van der Waals surface area contributed by atoms with Crippen LogP contribution in [0.25, 0.3) is 0 Å². The summed E-state index contributed by atoms with van der Waals surface area (Å²) in [7, 11) is 1.72. The SMILES string of the molecule is COc1ccc(C(Cc2cccs2)c2ccccc2)cc1OC1CCCC1. The molecule has 0 N–H and O–H groups in total. The number of rotatable bonds is 7. The predicted molar refractivity (Wildman–Crippen MR) is 112 cm³/mol. The third kappa shape index (κ3) is 4.36. The molecule has 4 rings (SSSR count). The Morgan fingerprint density at radius 2 is 1.74 bits per heavy atom. The minimum absolute atomic E-state index is 0.307. The van der Waals surface area contributed by atoms with Crippen molar-refractivity contribution in [2.75, 3.05) is 7.11 Å². The van der Waals surface area contributed by atoms with Gasteiger partial charge in [-0.3, -0.25) is 0 Å². The summed E-state index contributed by atoms with van der Waals surface area (Å²) >= 11 is 1.82. The van der Waals surface area contributed by atoms with Crippen LogP contribution in [0.3, 0.4) is 0 Å². The molecule has 0 aliphatic heterocycles. The summed E-state index contributed by atoms with van der Waals surface area (Å²) in [5.74, 6) is 2.02. The van der Waals surface area contributed by atoms with E-state index in [2.05, 4.69) is 66.0 Å². The molecule has 1 aliphatic rings. The molecule has 1 fully saturated rings. The topological polar surface area (TPSA) is 18.5 Å². The van der Waals surface area contributed by atoms with Crippen molar-refractivity contribution in [1.82, 2.24) is 0 Å². The lowest BCUT2D eigenvalue weighted by Crippen LogP contribution is -2.12. The van der Waals surface area contributed by atoms with E-state index in [9.17, 15) is 0 Å². The molecule has 27 heavy (non-hydrogen) atoms. The van der Waals surface area contributed by atoms with E-state index in [0.29, 0.717) is 12.0 Å². The fraction of sp³-hybridized carbons (Fsp3) is 0.333. The maximum Gasteiger partial charge on any atom is 0.161 e. The van der Waals surface area contributed by atoms with Gasteiger partial charge in [-0.15, -0.1) is 11.3 Å². The Morgan fingerprint density at radius 3 is 2.44 bits per heavy atom. The maximum atomic E-state index is 6.34. The van der Waals surface area contributed by atoms with Gasteiger partial charge < -0.3 is 9.47 Å². The lowest BCUT2D eigenvalue weighted by Gasteiger charge is -2.21. The fourth-order valence-corrected chi connectivity index (χ4v) is 4.68. The second-order valence-electron chi connectivity index (χ2n) is 7.18. The summed E-state index contributed by atoms with van der Waals surface area (Å²) < 4.78 is 11.9. The Balaban J connectivity index is 1.68. The van der Waals surface area contributed by atoms with Gasteiger partial charge in [-0.05, 0) is 66.8 Å². The van der Waals surface area contributed by atoms with Crippen LogP contribution in [0.4, 0.5) is 0 Å². The molecule has 0 saturated heterocycles. The van der Waals surface area contributed by atoms with E-state index >= 15 is 0 Å². The highest BCUT2D eigenvalue weighted by Crippen LogP contribution is 2.37. The normalized spacial score (nSPS) is 15.6. The van der Waals surface area contributed by atoms with Crippen LogP contribution < -0.4 is 9.47 Å². The second-order valence-corrected chi connectivity index (χ2v) is 8.21. The molecule has 1 aliphatic carbocycles. The monoisotopic (exact) mass is 378 g/mol. The second kappa shape index (κ2) is 8.62. The molecule has 1 unspecified atom stereocenters. The van der Waals surface area contributed by atoms with Gasteiger partial charge in [0.15, 0.2) is 11.5 Å². The van der Waals surface area contributed by atoms with Crippen LogP contribution >= 0.6 is 11.3 Å². The van der Waals surface area contributed by atoms with Gasteiger partial charge in [0.2, 0.25) is 0 Å². The van der Waals surface area contributed by atoms with Crippen LogP contribution in [-0.2, 0) is 6.42 Å². The Hall–Kier alpha value is -2.26. The number of thiophene rings is 1. The number of ether oxygens (including phenoxy) is 2. The van der Waals surface area contributed by atoms with Crippen LogP contribution in [0.15, 0.2) is 66.0 Å². The highest BCUT2D eigenvalue weighted by Gasteiger charge is 2.21. The van der Waals surface area contributed by atoms with Crippen LogP contribution in [0.5, 0.6) is 11.5 Å². The molecule has 1 aromatic heterocycles. The summed E-state index contributed by atoms with van der Waals surface area (Å²) in [4.78, 5) is 1.40. The summed E-state index contributed by atoms with van der Waals surface area (Å²) in [5.41, 5.74) is 2.62. The van der Waals surface area contributed by atoms with E-state index in [0.717, 1.165) is 30.8 Å². The van der Waals surface area contributed by atoms with Crippen molar-refractivity contribution in [3.63, 3.8) is 0 Å². The smallest absolute Gasteiger partial charge is 0.161 e. The van der Waals surface area contributed by atoms with Gasteiger partial charge >= 0.3 is 0 Å². The molecule has 3 heteroatoms. The van der Waals surface area contributed by atoms with Crippen LogP contribution in [0, 0.1) is 0 Å². The standard InChI is InChI=1S/C24H26O2S/c1-25-23-14-13-19(16-24(23)26-20-10-5-6-11-20)22(17-21-12-7-15-27-21)18-8-3-2-4-9-18/h2-4,7-9,12-16,20,22H,5-6,10-11,17H2,1H3. The van der Waals surface area contributed by atoms with Crippen molar-refractivity contribution >= 4 is 11.3 Å². The zero-order valence-corrected chi connectivity index (χ0v) is 16.6. The summed E-state index contributed by atoms with van der Waals surface area (Å²) in [6.07, 6.45) is 6.13. The highest BCUT2D eigenvalue weighted by molar-refractivity contribution is 7.09. The molecule has 140 valence electrons. The van der Waals surface area contributed by atoms with E-state index < -0.39 is 0 Å². The van der Waals surface area contributed by atoms with Gasteiger partial charge in [-0.1, -0.05) is 42.5 Å².